The molecule has 0 aromatic heterocycles. The lowest BCUT2D eigenvalue weighted by Crippen LogP contribution is -2.20. The van der Waals surface area contributed by atoms with Crippen LogP contribution in [0.1, 0.15) is 11.5 Å². The van der Waals surface area contributed by atoms with E-state index in [0.29, 0.717) is 0 Å². The Bertz CT molecular complexity index is 357. The van der Waals surface area contributed by atoms with E-state index in [4.69, 9.17) is 11.6 Å². The molecule has 0 bridgehead atoms. The highest BCUT2D eigenvalue weighted by Gasteiger charge is 2.28. The second-order valence-electron chi connectivity index (χ2n) is 3.54. The number of hydrogen-bond acceptors (Lipinski definition) is 1. The van der Waals surface area contributed by atoms with Gasteiger partial charge in [-0.05, 0) is 17.7 Å². The number of benzene rings is 1. The fraction of sp³-hybridized carbons (Fsp3) is 0.455. The van der Waals surface area contributed by atoms with Crippen LogP contribution in [0.15, 0.2) is 28.7 Å². The van der Waals surface area contributed by atoms with E-state index in [0.717, 1.165) is 10.0 Å². The van der Waals surface area contributed by atoms with Crippen LogP contribution in [-0.2, 0) is 4.74 Å². The van der Waals surface area contributed by atoms with Gasteiger partial charge in [-0.2, -0.15) is 13.2 Å². The maximum atomic E-state index is 11.9. The van der Waals surface area contributed by atoms with Crippen molar-refractivity contribution in [3.63, 3.8) is 0 Å². The summed E-state index contributed by atoms with van der Waals surface area (Å²) in [6.45, 7) is -1.28. The van der Waals surface area contributed by atoms with Crippen molar-refractivity contribution in [1.29, 1.82) is 0 Å². The lowest BCUT2D eigenvalue weighted by molar-refractivity contribution is -0.174. The molecule has 0 fully saturated rings. The van der Waals surface area contributed by atoms with E-state index in [9.17, 15) is 13.2 Å². The summed E-state index contributed by atoms with van der Waals surface area (Å²) >= 11 is 9.02. The monoisotopic (exact) mass is 330 g/mol. The quantitative estimate of drug-likeness (QED) is 0.729. The molecule has 17 heavy (non-hydrogen) atoms. The van der Waals surface area contributed by atoms with Gasteiger partial charge >= 0.3 is 6.18 Å². The van der Waals surface area contributed by atoms with Crippen LogP contribution in [0.4, 0.5) is 13.2 Å². The predicted molar refractivity (Wildman–Crippen MR) is 64.5 cm³/mol. The molecule has 0 saturated heterocycles. The minimum absolute atomic E-state index is 0.0422. The fourth-order valence-corrected chi connectivity index (χ4v) is 1.99. The van der Waals surface area contributed by atoms with Gasteiger partial charge in [-0.3, -0.25) is 0 Å². The molecule has 1 aromatic carbocycles. The average molecular weight is 332 g/mol. The van der Waals surface area contributed by atoms with E-state index in [1.807, 2.05) is 24.3 Å². The molecule has 1 nitrogen and oxygen atoms in total. The molecule has 1 aromatic rings. The second-order valence-corrected chi connectivity index (χ2v) is 4.76. The summed E-state index contributed by atoms with van der Waals surface area (Å²) < 4.78 is 41.2. The Morgan fingerprint density at radius 2 is 2.06 bits per heavy atom. The summed E-state index contributed by atoms with van der Waals surface area (Å²) in [6, 6.07) is 7.28. The van der Waals surface area contributed by atoms with Crippen molar-refractivity contribution in [2.45, 2.75) is 12.1 Å². The Hall–Kier alpha value is -0.260. The number of alkyl halides is 4. The lowest BCUT2D eigenvalue weighted by atomic mass is 10.0. The molecule has 1 unspecified atom stereocenters. The normalized spacial score (nSPS) is 13.7. The van der Waals surface area contributed by atoms with E-state index in [1.165, 1.54) is 0 Å². The van der Waals surface area contributed by atoms with Crippen molar-refractivity contribution < 1.29 is 17.9 Å². The summed E-state index contributed by atoms with van der Waals surface area (Å²) in [5.74, 6) is -0.0228. The molecule has 0 heterocycles. The summed E-state index contributed by atoms with van der Waals surface area (Å²) in [5, 5.41) is 0. The van der Waals surface area contributed by atoms with Crippen molar-refractivity contribution in [2.75, 3.05) is 19.1 Å². The third-order valence-corrected chi connectivity index (χ3v) is 2.96. The van der Waals surface area contributed by atoms with Gasteiger partial charge < -0.3 is 4.74 Å². The Balaban J connectivity index is 2.54. The molecule has 0 N–H and O–H groups in total. The zero-order valence-electron chi connectivity index (χ0n) is 8.81. The van der Waals surface area contributed by atoms with Crippen LogP contribution in [0, 0.1) is 0 Å². The van der Waals surface area contributed by atoms with Gasteiger partial charge in [-0.25, -0.2) is 0 Å². The standard InChI is InChI=1S/C11H11BrClF3O/c12-10-3-1-2-8(4-10)9(5-13)6-17-7-11(14,15)16/h1-4,9H,5-7H2. The zero-order valence-corrected chi connectivity index (χ0v) is 11.1. The Kier molecular flexibility index (Phi) is 5.76. The highest BCUT2D eigenvalue weighted by atomic mass is 79.9. The molecule has 6 heteroatoms. The van der Waals surface area contributed by atoms with Crippen LogP contribution >= 0.6 is 27.5 Å². The first kappa shape index (κ1) is 14.8. The van der Waals surface area contributed by atoms with Crippen molar-refractivity contribution in [3.05, 3.63) is 34.3 Å². The third-order valence-electron chi connectivity index (χ3n) is 2.09. The van der Waals surface area contributed by atoms with E-state index >= 15 is 0 Å². The van der Waals surface area contributed by atoms with Gasteiger partial charge in [-0.15, -0.1) is 11.6 Å². The largest absolute Gasteiger partial charge is 0.411 e. The molecule has 1 rings (SSSR count). The van der Waals surface area contributed by atoms with Crippen LogP contribution in [0.25, 0.3) is 0 Å². The smallest absolute Gasteiger partial charge is 0.371 e. The molecule has 96 valence electrons. The number of hydrogen-bond donors (Lipinski definition) is 0. The fourth-order valence-electron chi connectivity index (χ4n) is 1.31. The highest BCUT2D eigenvalue weighted by molar-refractivity contribution is 9.10. The van der Waals surface area contributed by atoms with E-state index < -0.39 is 12.8 Å². The van der Waals surface area contributed by atoms with Crippen molar-refractivity contribution in [2.24, 2.45) is 0 Å². The topological polar surface area (TPSA) is 9.23 Å². The molecular weight excluding hydrogens is 320 g/mol. The zero-order chi connectivity index (χ0) is 12.9. The second kappa shape index (κ2) is 6.61. The number of rotatable bonds is 5. The first-order chi connectivity index (χ1) is 7.92. The van der Waals surface area contributed by atoms with Gasteiger partial charge in [0, 0.05) is 16.3 Å². The Morgan fingerprint density at radius 3 is 2.59 bits per heavy atom. The minimum Gasteiger partial charge on any atom is -0.371 e. The molecule has 0 saturated carbocycles. The first-order valence-corrected chi connectivity index (χ1v) is 6.21. The Labute approximate surface area is 111 Å². The maximum absolute atomic E-state index is 11.9. The van der Waals surface area contributed by atoms with Gasteiger partial charge in [0.25, 0.3) is 0 Å². The summed E-state index contributed by atoms with van der Waals surface area (Å²) in [7, 11) is 0. The molecule has 1 atom stereocenters. The maximum Gasteiger partial charge on any atom is 0.411 e. The number of ether oxygens (including phenoxy) is 1. The third kappa shape index (κ3) is 5.75. The molecule has 0 aliphatic carbocycles. The summed E-state index contributed by atoms with van der Waals surface area (Å²) in [5.41, 5.74) is 0.858. The predicted octanol–water partition coefficient (Wildman–Crippen LogP) is 4.35. The highest BCUT2D eigenvalue weighted by Crippen LogP contribution is 2.23. The summed E-state index contributed by atoms with van der Waals surface area (Å²) in [6.07, 6.45) is -4.30. The number of halogens is 5. The van der Waals surface area contributed by atoms with Gasteiger partial charge in [0.15, 0.2) is 0 Å². The van der Waals surface area contributed by atoms with Crippen LogP contribution < -0.4 is 0 Å². The summed E-state index contributed by atoms with van der Waals surface area (Å²) in [4.78, 5) is 0. The minimum atomic E-state index is -4.30. The Morgan fingerprint density at radius 1 is 1.35 bits per heavy atom. The molecule has 0 radical (unpaired) electrons. The van der Waals surface area contributed by atoms with Crippen LogP contribution in [-0.4, -0.2) is 25.3 Å². The van der Waals surface area contributed by atoms with E-state index in [2.05, 4.69) is 20.7 Å². The van der Waals surface area contributed by atoms with Crippen molar-refractivity contribution >= 4 is 27.5 Å². The van der Waals surface area contributed by atoms with Crippen LogP contribution in [0.5, 0.6) is 0 Å². The SMILES string of the molecule is FC(F)(F)COCC(CCl)c1cccc(Br)c1. The molecule has 0 aliphatic rings. The van der Waals surface area contributed by atoms with Crippen molar-refractivity contribution in [3.8, 4) is 0 Å². The first-order valence-electron chi connectivity index (χ1n) is 4.88. The van der Waals surface area contributed by atoms with Gasteiger partial charge in [0.2, 0.25) is 0 Å². The van der Waals surface area contributed by atoms with E-state index in [-0.39, 0.29) is 18.4 Å². The molecular formula is C11H11BrClF3O. The van der Waals surface area contributed by atoms with Gasteiger partial charge in [-0.1, -0.05) is 28.1 Å². The average Bonchev–Trinajstić information content (AvgIpc) is 2.23. The van der Waals surface area contributed by atoms with Crippen molar-refractivity contribution in [1.82, 2.24) is 0 Å². The molecule has 0 aliphatic heterocycles. The van der Waals surface area contributed by atoms with Crippen LogP contribution in [0.3, 0.4) is 0 Å². The van der Waals surface area contributed by atoms with Crippen LogP contribution in [0.2, 0.25) is 0 Å². The van der Waals surface area contributed by atoms with Gasteiger partial charge in [0.05, 0.1) is 6.61 Å². The lowest BCUT2D eigenvalue weighted by Gasteiger charge is -2.15. The molecule has 0 spiro atoms. The van der Waals surface area contributed by atoms with E-state index in [1.54, 1.807) is 0 Å². The molecule has 0 amide bonds. The van der Waals surface area contributed by atoms with Gasteiger partial charge in [0.1, 0.15) is 6.61 Å².